The lowest BCUT2D eigenvalue weighted by molar-refractivity contribution is -0.172. The molecule has 0 spiro atoms. The number of hydrogen-bond acceptors (Lipinski definition) is 3. The summed E-state index contributed by atoms with van der Waals surface area (Å²) in [5.41, 5.74) is 0.995. The van der Waals surface area contributed by atoms with Gasteiger partial charge in [0.05, 0.1) is 29.8 Å². The molecule has 0 radical (unpaired) electrons. The Morgan fingerprint density at radius 2 is 2.00 bits per heavy atom. The molecule has 1 aliphatic heterocycles. The maximum absolute atomic E-state index is 13.4. The molecule has 4 rings (SSSR count). The molecule has 1 aliphatic carbocycles. The first kappa shape index (κ1) is 20.4. The molecule has 1 aromatic heterocycles. The Labute approximate surface area is 179 Å². The SMILES string of the molecule is CCN(C)C(=O)n1cc(NC(=O)C2(C3CCCCC3)COC2)c2c(Br)cccc21. The van der Waals surface area contributed by atoms with Gasteiger partial charge in [-0.25, -0.2) is 4.79 Å². The van der Waals surface area contributed by atoms with Gasteiger partial charge in [-0.15, -0.1) is 0 Å². The van der Waals surface area contributed by atoms with Crippen LogP contribution in [0.1, 0.15) is 39.0 Å². The maximum atomic E-state index is 13.4. The van der Waals surface area contributed by atoms with Crippen LogP contribution in [0.4, 0.5) is 10.5 Å². The zero-order chi connectivity index (χ0) is 20.6. The van der Waals surface area contributed by atoms with E-state index in [0.29, 0.717) is 31.4 Å². The fourth-order valence-corrected chi connectivity index (χ4v) is 5.16. The molecule has 0 unspecified atom stereocenters. The van der Waals surface area contributed by atoms with Gasteiger partial charge in [0.15, 0.2) is 0 Å². The highest BCUT2D eigenvalue weighted by molar-refractivity contribution is 9.10. The predicted octanol–water partition coefficient (Wildman–Crippen LogP) is 4.86. The fourth-order valence-electron chi connectivity index (χ4n) is 4.59. The molecule has 0 atom stereocenters. The molecule has 0 bridgehead atoms. The minimum Gasteiger partial charge on any atom is -0.379 e. The maximum Gasteiger partial charge on any atom is 0.328 e. The van der Waals surface area contributed by atoms with Crippen molar-refractivity contribution in [1.82, 2.24) is 9.47 Å². The Morgan fingerprint density at radius 1 is 1.28 bits per heavy atom. The topological polar surface area (TPSA) is 63.6 Å². The highest BCUT2D eigenvalue weighted by atomic mass is 79.9. The number of benzene rings is 1. The van der Waals surface area contributed by atoms with Crippen LogP contribution in [-0.4, -0.2) is 48.2 Å². The van der Waals surface area contributed by atoms with E-state index in [1.807, 2.05) is 25.1 Å². The number of hydrogen-bond donors (Lipinski definition) is 1. The first-order chi connectivity index (χ1) is 14.0. The van der Waals surface area contributed by atoms with Gasteiger partial charge in [-0.05, 0) is 37.8 Å². The van der Waals surface area contributed by atoms with Gasteiger partial charge in [0, 0.05) is 29.6 Å². The first-order valence-corrected chi connectivity index (χ1v) is 11.2. The zero-order valence-electron chi connectivity index (χ0n) is 17.0. The number of anilines is 1. The van der Waals surface area contributed by atoms with Crippen LogP contribution in [0.5, 0.6) is 0 Å². The number of nitrogens with zero attached hydrogens (tertiary/aromatic N) is 2. The van der Waals surface area contributed by atoms with E-state index in [1.54, 1.807) is 22.7 Å². The van der Waals surface area contributed by atoms with Crippen molar-refractivity contribution in [3.8, 4) is 0 Å². The molecule has 29 heavy (non-hydrogen) atoms. The van der Waals surface area contributed by atoms with Gasteiger partial charge in [0.2, 0.25) is 5.91 Å². The Morgan fingerprint density at radius 3 is 2.62 bits per heavy atom. The van der Waals surface area contributed by atoms with Gasteiger partial charge in [-0.3, -0.25) is 9.36 Å². The number of ether oxygens (including phenoxy) is 1. The molecule has 1 saturated heterocycles. The molecule has 6 nitrogen and oxygen atoms in total. The number of nitrogens with one attached hydrogen (secondary N) is 1. The highest BCUT2D eigenvalue weighted by Gasteiger charge is 2.51. The Hall–Kier alpha value is -1.86. The van der Waals surface area contributed by atoms with Crippen molar-refractivity contribution in [3.63, 3.8) is 0 Å². The van der Waals surface area contributed by atoms with Crippen molar-refractivity contribution in [2.24, 2.45) is 11.3 Å². The molecular formula is C22H28BrN3O3. The quantitative estimate of drug-likeness (QED) is 0.706. The molecule has 2 fully saturated rings. The molecular weight excluding hydrogens is 434 g/mol. The van der Waals surface area contributed by atoms with Gasteiger partial charge >= 0.3 is 6.03 Å². The van der Waals surface area contributed by atoms with Crippen molar-refractivity contribution in [2.45, 2.75) is 39.0 Å². The van der Waals surface area contributed by atoms with E-state index in [2.05, 4.69) is 21.2 Å². The summed E-state index contributed by atoms with van der Waals surface area (Å²) in [5, 5.41) is 4.00. The van der Waals surface area contributed by atoms with Crippen molar-refractivity contribution in [2.75, 3.05) is 32.1 Å². The minimum absolute atomic E-state index is 0.0155. The van der Waals surface area contributed by atoms with Crippen molar-refractivity contribution in [3.05, 3.63) is 28.9 Å². The first-order valence-electron chi connectivity index (χ1n) is 10.4. The number of carbonyl (C=O) groups is 2. The van der Waals surface area contributed by atoms with Gasteiger partial charge in [0.1, 0.15) is 0 Å². The van der Waals surface area contributed by atoms with Crippen LogP contribution < -0.4 is 5.32 Å². The van der Waals surface area contributed by atoms with Gasteiger partial charge < -0.3 is 15.0 Å². The summed E-state index contributed by atoms with van der Waals surface area (Å²) in [6.07, 6.45) is 7.54. The van der Waals surface area contributed by atoms with E-state index in [-0.39, 0.29) is 11.9 Å². The molecule has 2 heterocycles. The molecule has 2 amide bonds. The summed E-state index contributed by atoms with van der Waals surface area (Å²) < 4.78 is 7.98. The number of carbonyl (C=O) groups excluding carboxylic acids is 2. The third-order valence-electron chi connectivity index (χ3n) is 6.59. The van der Waals surface area contributed by atoms with Gasteiger partial charge in [-0.1, -0.05) is 41.3 Å². The fraction of sp³-hybridized carbons (Fsp3) is 0.545. The van der Waals surface area contributed by atoms with Crippen molar-refractivity contribution < 1.29 is 14.3 Å². The average Bonchev–Trinajstić information content (AvgIpc) is 3.06. The standard InChI is InChI=1S/C22H28BrN3O3/c1-3-25(2)21(28)26-12-17(19-16(23)10-7-11-18(19)26)24-20(27)22(13-29-14-22)15-8-5-4-6-9-15/h7,10-12,15H,3-6,8-9,13-14H2,1-2H3,(H,24,27). The Bertz CT molecular complexity index is 929. The van der Waals surface area contributed by atoms with E-state index in [4.69, 9.17) is 4.74 Å². The van der Waals surface area contributed by atoms with E-state index < -0.39 is 5.41 Å². The second kappa shape index (κ2) is 8.11. The van der Waals surface area contributed by atoms with Crippen molar-refractivity contribution in [1.29, 1.82) is 0 Å². The largest absolute Gasteiger partial charge is 0.379 e. The number of rotatable bonds is 4. The molecule has 1 N–H and O–H groups in total. The number of aromatic nitrogens is 1. The molecule has 2 aromatic rings. The van der Waals surface area contributed by atoms with E-state index in [1.165, 1.54) is 19.3 Å². The van der Waals surface area contributed by atoms with Crippen LogP contribution in [-0.2, 0) is 9.53 Å². The molecule has 7 heteroatoms. The Balaban J connectivity index is 1.69. The van der Waals surface area contributed by atoms with E-state index in [0.717, 1.165) is 28.2 Å². The number of amides is 2. The lowest BCUT2D eigenvalue weighted by Crippen LogP contribution is -2.56. The Kier molecular flexibility index (Phi) is 5.71. The van der Waals surface area contributed by atoms with Crippen LogP contribution in [0.15, 0.2) is 28.9 Å². The molecule has 1 aromatic carbocycles. The zero-order valence-corrected chi connectivity index (χ0v) is 18.6. The number of fused-ring (bicyclic) bond motifs is 1. The van der Waals surface area contributed by atoms with Crippen LogP contribution in [0.2, 0.25) is 0 Å². The lowest BCUT2D eigenvalue weighted by atomic mass is 9.66. The second-order valence-electron chi connectivity index (χ2n) is 8.28. The van der Waals surface area contributed by atoms with E-state index >= 15 is 0 Å². The summed E-state index contributed by atoms with van der Waals surface area (Å²) in [6.45, 7) is 3.52. The molecule has 2 aliphatic rings. The summed E-state index contributed by atoms with van der Waals surface area (Å²) in [6, 6.07) is 5.61. The number of halogens is 1. The summed E-state index contributed by atoms with van der Waals surface area (Å²) >= 11 is 3.60. The normalized spacial score (nSPS) is 19.0. The van der Waals surface area contributed by atoms with Crippen LogP contribution in [0, 0.1) is 11.3 Å². The summed E-state index contributed by atoms with van der Waals surface area (Å²) in [7, 11) is 1.77. The smallest absolute Gasteiger partial charge is 0.328 e. The highest BCUT2D eigenvalue weighted by Crippen LogP contribution is 2.45. The monoisotopic (exact) mass is 461 g/mol. The van der Waals surface area contributed by atoms with Crippen LogP contribution >= 0.6 is 15.9 Å². The van der Waals surface area contributed by atoms with Crippen molar-refractivity contribution >= 4 is 44.5 Å². The van der Waals surface area contributed by atoms with Crippen LogP contribution in [0.3, 0.4) is 0 Å². The van der Waals surface area contributed by atoms with Gasteiger partial charge in [-0.2, -0.15) is 0 Å². The predicted molar refractivity (Wildman–Crippen MR) is 117 cm³/mol. The summed E-state index contributed by atoms with van der Waals surface area (Å²) in [4.78, 5) is 27.9. The lowest BCUT2D eigenvalue weighted by Gasteiger charge is -2.47. The summed E-state index contributed by atoms with van der Waals surface area (Å²) in [5.74, 6) is 0.386. The van der Waals surface area contributed by atoms with Crippen LogP contribution in [0.25, 0.3) is 10.9 Å². The van der Waals surface area contributed by atoms with Gasteiger partial charge in [0.25, 0.3) is 0 Å². The second-order valence-corrected chi connectivity index (χ2v) is 9.14. The molecule has 156 valence electrons. The van der Waals surface area contributed by atoms with E-state index in [9.17, 15) is 9.59 Å². The average molecular weight is 462 g/mol. The minimum atomic E-state index is -0.444. The molecule has 1 saturated carbocycles. The third-order valence-corrected chi connectivity index (χ3v) is 7.25. The third kappa shape index (κ3) is 3.48.